The number of likely N-dealkylation sites (tertiary alicyclic amines) is 1. The monoisotopic (exact) mass is 281 g/mol. The summed E-state index contributed by atoms with van der Waals surface area (Å²) in [6.45, 7) is 2.92. The van der Waals surface area contributed by atoms with Gasteiger partial charge in [0.05, 0.1) is 0 Å². The second kappa shape index (κ2) is 6.42. The molecule has 2 aromatic rings. The highest BCUT2D eigenvalue weighted by molar-refractivity contribution is 5.27. The molecule has 1 aliphatic rings. The molecule has 2 nitrogen and oxygen atoms in total. The summed E-state index contributed by atoms with van der Waals surface area (Å²) >= 11 is 0. The first-order chi connectivity index (χ1) is 10.3. The van der Waals surface area contributed by atoms with Crippen LogP contribution in [0.25, 0.3) is 0 Å². The van der Waals surface area contributed by atoms with Gasteiger partial charge in [0.25, 0.3) is 0 Å². The summed E-state index contributed by atoms with van der Waals surface area (Å²) in [5.41, 5.74) is 1.39. The molecule has 0 amide bonds. The maximum Gasteiger partial charge on any atom is 0.106 e. The minimum atomic E-state index is -0.813. The van der Waals surface area contributed by atoms with Gasteiger partial charge in [-0.2, -0.15) is 0 Å². The standard InChI is InChI=1S/C19H23NO/c21-19(16-20-13-7-8-14-20,18-11-5-2-6-12-18)15-17-9-3-1-4-10-17/h1-6,9-12,21H,7-8,13-16H2. The van der Waals surface area contributed by atoms with Crippen LogP contribution >= 0.6 is 0 Å². The lowest BCUT2D eigenvalue weighted by Gasteiger charge is -2.33. The Balaban J connectivity index is 1.86. The lowest BCUT2D eigenvalue weighted by atomic mass is 9.86. The zero-order valence-corrected chi connectivity index (χ0v) is 12.4. The molecule has 2 heteroatoms. The van der Waals surface area contributed by atoms with E-state index >= 15 is 0 Å². The van der Waals surface area contributed by atoms with E-state index in [0.717, 1.165) is 18.7 Å². The Labute approximate surface area is 127 Å². The van der Waals surface area contributed by atoms with Crippen LogP contribution in [0.2, 0.25) is 0 Å². The minimum Gasteiger partial charge on any atom is -0.383 e. The van der Waals surface area contributed by atoms with Gasteiger partial charge in [-0.15, -0.1) is 0 Å². The van der Waals surface area contributed by atoms with Crippen molar-refractivity contribution in [2.45, 2.75) is 24.9 Å². The summed E-state index contributed by atoms with van der Waals surface area (Å²) in [6, 6.07) is 20.4. The summed E-state index contributed by atoms with van der Waals surface area (Å²) in [5.74, 6) is 0. The number of benzene rings is 2. The summed E-state index contributed by atoms with van der Waals surface area (Å²) in [6.07, 6.45) is 3.15. The number of hydrogen-bond acceptors (Lipinski definition) is 2. The molecule has 110 valence electrons. The summed E-state index contributed by atoms with van der Waals surface area (Å²) in [5, 5.41) is 11.4. The van der Waals surface area contributed by atoms with E-state index in [1.54, 1.807) is 0 Å². The van der Waals surface area contributed by atoms with E-state index in [9.17, 15) is 5.11 Å². The van der Waals surface area contributed by atoms with Gasteiger partial charge in [-0.05, 0) is 37.1 Å². The molecule has 0 aromatic heterocycles. The highest BCUT2D eigenvalue weighted by Gasteiger charge is 2.32. The third-order valence-corrected chi connectivity index (χ3v) is 4.33. The largest absolute Gasteiger partial charge is 0.383 e. The minimum absolute atomic E-state index is 0.661. The van der Waals surface area contributed by atoms with Crippen LogP contribution in [0.3, 0.4) is 0 Å². The molecule has 2 aromatic carbocycles. The molecule has 1 unspecified atom stereocenters. The van der Waals surface area contributed by atoms with Gasteiger partial charge in [0.1, 0.15) is 5.60 Å². The van der Waals surface area contributed by atoms with Gasteiger partial charge >= 0.3 is 0 Å². The predicted molar refractivity (Wildman–Crippen MR) is 86.2 cm³/mol. The van der Waals surface area contributed by atoms with Gasteiger partial charge in [-0.25, -0.2) is 0 Å². The van der Waals surface area contributed by atoms with Gasteiger partial charge in [0, 0.05) is 13.0 Å². The van der Waals surface area contributed by atoms with Crippen molar-refractivity contribution < 1.29 is 5.11 Å². The third-order valence-electron chi connectivity index (χ3n) is 4.33. The molecule has 1 atom stereocenters. The SMILES string of the molecule is OC(Cc1ccccc1)(CN1CCCC1)c1ccccc1. The van der Waals surface area contributed by atoms with E-state index in [4.69, 9.17) is 0 Å². The molecule has 0 aliphatic carbocycles. The van der Waals surface area contributed by atoms with Crippen molar-refractivity contribution in [1.82, 2.24) is 4.90 Å². The Morgan fingerprint density at radius 1 is 0.857 bits per heavy atom. The predicted octanol–water partition coefficient (Wildman–Crippen LogP) is 3.21. The average Bonchev–Trinajstić information content (AvgIpc) is 3.02. The zero-order valence-electron chi connectivity index (χ0n) is 12.4. The summed E-state index contributed by atoms with van der Waals surface area (Å²) in [4.78, 5) is 2.38. The molecule has 21 heavy (non-hydrogen) atoms. The number of rotatable bonds is 5. The molecule has 0 spiro atoms. The topological polar surface area (TPSA) is 23.5 Å². The normalized spacial score (nSPS) is 18.5. The highest BCUT2D eigenvalue weighted by atomic mass is 16.3. The molecule has 0 bridgehead atoms. The van der Waals surface area contributed by atoms with E-state index in [2.05, 4.69) is 17.0 Å². The van der Waals surface area contributed by atoms with Crippen LogP contribution in [0.5, 0.6) is 0 Å². The number of aliphatic hydroxyl groups is 1. The number of hydrogen-bond donors (Lipinski definition) is 1. The molecule has 1 N–H and O–H groups in total. The van der Waals surface area contributed by atoms with E-state index in [0.29, 0.717) is 13.0 Å². The van der Waals surface area contributed by atoms with Crippen molar-refractivity contribution in [3.05, 3.63) is 71.8 Å². The fourth-order valence-corrected chi connectivity index (χ4v) is 3.24. The molecular weight excluding hydrogens is 258 g/mol. The Kier molecular flexibility index (Phi) is 4.37. The summed E-state index contributed by atoms with van der Waals surface area (Å²) in [7, 11) is 0. The van der Waals surface area contributed by atoms with E-state index in [1.807, 2.05) is 48.5 Å². The third kappa shape index (κ3) is 3.52. The maximum atomic E-state index is 11.4. The van der Waals surface area contributed by atoms with Crippen LogP contribution in [0.1, 0.15) is 24.0 Å². The van der Waals surface area contributed by atoms with E-state index < -0.39 is 5.60 Å². The highest BCUT2D eigenvalue weighted by Crippen LogP contribution is 2.28. The lowest BCUT2D eigenvalue weighted by molar-refractivity contribution is 0.00508. The van der Waals surface area contributed by atoms with Crippen molar-refractivity contribution in [2.24, 2.45) is 0 Å². The van der Waals surface area contributed by atoms with Gasteiger partial charge in [-0.1, -0.05) is 60.7 Å². The molecule has 1 fully saturated rings. The van der Waals surface area contributed by atoms with Crippen molar-refractivity contribution >= 4 is 0 Å². The van der Waals surface area contributed by atoms with Crippen LogP contribution in [-0.4, -0.2) is 29.6 Å². The smallest absolute Gasteiger partial charge is 0.106 e. The fraction of sp³-hybridized carbons (Fsp3) is 0.368. The van der Waals surface area contributed by atoms with E-state index in [-0.39, 0.29) is 0 Å². The quantitative estimate of drug-likeness (QED) is 0.909. The second-order valence-corrected chi connectivity index (χ2v) is 6.04. The second-order valence-electron chi connectivity index (χ2n) is 6.04. The van der Waals surface area contributed by atoms with Crippen LogP contribution in [0.4, 0.5) is 0 Å². The molecular formula is C19H23NO. The first-order valence-corrected chi connectivity index (χ1v) is 7.80. The van der Waals surface area contributed by atoms with Crippen LogP contribution in [-0.2, 0) is 12.0 Å². The molecule has 0 radical (unpaired) electrons. The van der Waals surface area contributed by atoms with Crippen molar-refractivity contribution in [1.29, 1.82) is 0 Å². The van der Waals surface area contributed by atoms with Crippen LogP contribution in [0, 0.1) is 0 Å². The van der Waals surface area contributed by atoms with Crippen LogP contribution in [0.15, 0.2) is 60.7 Å². The van der Waals surface area contributed by atoms with Crippen molar-refractivity contribution in [2.75, 3.05) is 19.6 Å². The molecule has 1 saturated heterocycles. The molecule has 3 rings (SSSR count). The van der Waals surface area contributed by atoms with E-state index in [1.165, 1.54) is 18.4 Å². The molecule has 1 aliphatic heterocycles. The molecule has 0 saturated carbocycles. The first kappa shape index (κ1) is 14.3. The van der Waals surface area contributed by atoms with Gasteiger partial charge in [0.2, 0.25) is 0 Å². The average molecular weight is 281 g/mol. The van der Waals surface area contributed by atoms with Gasteiger partial charge < -0.3 is 10.0 Å². The number of β-amino-alcohol motifs (C(OH)–C–C–N with tert-alkyl or cyclic N) is 1. The van der Waals surface area contributed by atoms with Gasteiger partial charge in [-0.3, -0.25) is 0 Å². The first-order valence-electron chi connectivity index (χ1n) is 7.80. The van der Waals surface area contributed by atoms with Gasteiger partial charge in [0.15, 0.2) is 0 Å². The Morgan fingerprint density at radius 3 is 2.05 bits per heavy atom. The Bertz CT molecular complexity index is 548. The van der Waals surface area contributed by atoms with Crippen molar-refractivity contribution in [3.8, 4) is 0 Å². The Morgan fingerprint density at radius 2 is 1.43 bits per heavy atom. The lowest BCUT2D eigenvalue weighted by Crippen LogP contribution is -2.41. The Hall–Kier alpha value is -1.64. The molecule has 1 heterocycles. The van der Waals surface area contributed by atoms with Crippen molar-refractivity contribution in [3.63, 3.8) is 0 Å². The zero-order chi connectivity index (χ0) is 14.5. The summed E-state index contributed by atoms with van der Waals surface area (Å²) < 4.78 is 0. The van der Waals surface area contributed by atoms with Crippen LogP contribution < -0.4 is 0 Å². The number of nitrogens with zero attached hydrogens (tertiary/aromatic N) is 1. The maximum absolute atomic E-state index is 11.4. The fourth-order valence-electron chi connectivity index (χ4n) is 3.24.